The molecular weight excluding hydrogens is 288 g/mol. The highest BCUT2D eigenvalue weighted by molar-refractivity contribution is 7.99. The molecule has 0 bridgehead atoms. The predicted octanol–water partition coefficient (Wildman–Crippen LogP) is 2.54. The number of aliphatic hydroxyl groups is 1. The Morgan fingerprint density at radius 2 is 2.00 bits per heavy atom. The fourth-order valence-corrected chi connectivity index (χ4v) is 3.43. The topological polar surface area (TPSA) is 75.4 Å². The number of nitrogens with zero attached hydrogens (tertiary/aromatic N) is 1. The average Bonchev–Trinajstić information content (AvgIpc) is 3.03. The first kappa shape index (κ1) is 14.2. The number of hydrogen-bond donors (Lipinski definition) is 2. The van der Waals surface area contributed by atoms with Gasteiger partial charge in [0.15, 0.2) is 12.2 Å². The monoisotopic (exact) mass is 304 g/mol. The standard InChI is InChI=1S/C15H16N2O3S/c18-14(15(19)5-7-21-8-6-15)17-12-3-1-11(2-4-12)13-9-16-10-20-13/h1-4,9-10,19H,5-8H2,(H,17,18). The number of thioether (sulfide) groups is 1. The first-order valence-corrected chi connectivity index (χ1v) is 7.93. The lowest BCUT2D eigenvalue weighted by Crippen LogP contribution is -2.45. The Morgan fingerprint density at radius 3 is 2.62 bits per heavy atom. The smallest absolute Gasteiger partial charge is 0.256 e. The molecule has 110 valence electrons. The molecule has 0 radical (unpaired) electrons. The van der Waals surface area contributed by atoms with Gasteiger partial charge in [-0.1, -0.05) is 0 Å². The zero-order valence-electron chi connectivity index (χ0n) is 11.4. The highest BCUT2D eigenvalue weighted by Crippen LogP contribution is 2.28. The molecule has 3 rings (SSSR count). The van der Waals surface area contributed by atoms with Crippen LogP contribution in [0.5, 0.6) is 0 Å². The van der Waals surface area contributed by atoms with Crippen molar-refractivity contribution in [1.82, 2.24) is 4.98 Å². The molecule has 1 amide bonds. The summed E-state index contributed by atoms with van der Waals surface area (Å²) in [5, 5.41) is 13.1. The van der Waals surface area contributed by atoms with E-state index in [9.17, 15) is 9.90 Å². The average molecular weight is 304 g/mol. The molecule has 5 nitrogen and oxygen atoms in total. The Morgan fingerprint density at radius 1 is 1.29 bits per heavy atom. The van der Waals surface area contributed by atoms with Crippen LogP contribution in [-0.4, -0.2) is 33.1 Å². The van der Waals surface area contributed by atoms with E-state index < -0.39 is 5.60 Å². The number of carbonyl (C=O) groups excluding carboxylic acids is 1. The Bertz CT molecular complexity index is 604. The summed E-state index contributed by atoms with van der Waals surface area (Å²) in [6.07, 6.45) is 4.01. The number of hydrogen-bond acceptors (Lipinski definition) is 5. The maximum atomic E-state index is 12.2. The van der Waals surface area contributed by atoms with Crippen LogP contribution < -0.4 is 5.32 Å². The first-order chi connectivity index (χ1) is 10.2. The molecule has 2 heterocycles. The number of oxazole rings is 1. The van der Waals surface area contributed by atoms with Crippen molar-refractivity contribution < 1.29 is 14.3 Å². The van der Waals surface area contributed by atoms with Crippen LogP contribution in [0.4, 0.5) is 5.69 Å². The third-order valence-electron chi connectivity index (χ3n) is 3.60. The van der Waals surface area contributed by atoms with E-state index in [1.54, 1.807) is 30.1 Å². The maximum Gasteiger partial charge on any atom is 0.256 e. The molecule has 1 saturated heterocycles. The van der Waals surface area contributed by atoms with Crippen molar-refractivity contribution in [3.05, 3.63) is 36.9 Å². The summed E-state index contributed by atoms with van der Waals surface area (Å²) in [6.45, 7) is 0. The Kier molecular flexibility index (Phi) is 3.98. The van der Waals surface area contributed by atoms with Crippen LogP contribution in [0.3, 0.4) is 0 Å². The molecule has 1 aromatic carbocycles. The molecule has 0 unspecified atom stereocenters. The van der Waals surface area contributed by atoms with Crippen molar-refractivity contribution in [3.63, 3.8) is 0 Å². The summed E-state index contributed by atoms with van der Waals surface area (Å²) in [5.74, 6) is 1.98. The minimum Gasteiger partial charge on any atom is -0.444 e. The SMILES string of the molecule is O=C(Nc1ccc(-c2cnco2)cc1)C1(O)CCSCC1. The van der Waals surface area contributed by atoms with Gasteiger partial charge in [0.2, 0.25) is 0 Å². The zero-order chi connectivity index (χ0) is 14.7. The lowest BCUT2D eigenvalue weighted by atomic mass is 9.95. The highest BCUT2D eigenvalue weighted by atomic mass is 32.2. The van der Waals surface area contributed by atoms with Gasteiger partial charge in [0.1, 0.15) is 5.60 Å². The van der Waals surface area contributed by atoms with Crippen LogP contribution in [0.25, 0.3) is 11.3 Å². The van der Waals surface area contributed by atoms with Crippen molar-refractivity contribution in [2.75, 3.05) is 16.8 Å². The van der Waals surface area contributed by atoms with Gasteiger partial charge in [-0.15, -0.1) is 0 Å². The van der Waals surface area contributed by atoms with Gasteiger partial charge in [-0.2, -0.15) is 11.8 Å². The van der Waals surface area contributed by atoms with E-state index in [0.29, 0.717) is 24.3 Å². The van der Waals surface area contributed by atoms with Gasteiger partial charge >= 0.3 is 0 Å². The largest absolute Gasteiger partial charge is 0.444 e. The second-order valence-corrected chi connectivity index (χ2v) is 6.27. The summed E-state index contributed by atoms with van der Waals surface area (Å²) < 4.78 is 5.21. The minimum absolute atomic E-state index is 0.324. The molecule has 2 N–H and O–H groups in total. The van der Waals surface area contributed by atoms with Crippen LogP contribution in [0.1, 0.15) is 12.8 Å². The summed E-state index contributed by atoms with van der Waals surface area (Å²) in [7, 11) is 0. The molecule has 1 fully saturated rings. The zero-order valence-corrected chi connectivity index (χ0v) is 12.2. The van der Waals surface area contributed by atoms with E-state index in [0.717, 1.165) is 17.1 Å². The number of amides is 1. The quantitative estimate of drug-likeness (QED) is 0.911. The van der Waals surface area contributed by atoms with Crippen molar-refractivity contribution in [2.24, 2.45) is 0 Å². The summed E-state index contributed by atoms with van der Waals surface area (Å²) in [4.78, 5) is 16.1. The van der Waals surface area contributed by atoms with E-state index in [-0.39, 0.29) is 5.91 Å². The normalized spacial score (nSPS) is 17.4. The number of rotatable bonds is 3. The minimum atomic E-state index is -1.24. The van der Waals surface area contributed by atoms with Crippen LogP contribution in [0.2, 0.25) is 0 Å². The van der Waals surface area contributed by atoms with Crippen LogP contribution in [-0.2, 0) is 4.79 Å². The van der Waals surface area contributed by atoms with Gasteiger partial charge < -0.3 is 14.8 Å². The molecule has 1 aromatic heterocycles. The molecule has 1 aliphatic rings. The van der Waals surface area contributed by atoms with Crippen molar-refractivity contribution >= 4 is 23.4 Å². The molecule has 0 aliphatic carbocycles. The number of anilines is 1. The molecule has 0 atom stereocenters. The second kappa shape index (κ2) is 5.91. The Balaban J connectivity index is 1.69. The van der Waals surface area contributed by atoms with Gasteiger partial charge in [0.05, 0.1) is 6.20 Å². The van der Waals surface area contributed by atoms with E-state index in [4.69, 9.17) is 4.42 Å². The van der Waals surface area contributed by atoms with Crippen molar-refractivity contribution in [3.8, 4) is 11.3 Å². The van der Waals surface area contributed by atoms with Gasteiger partial charge in [-0.25, -0.2) is 4.98 Å². The number of aromatic nitrogens is 1. The Hall–Kier alpha value is -1.79. The first-order valence-electron chi connectivity index (χ1n) is 6.78. The van der Waals surface area contributed by atoms with Crippen LogP contribution in [0.15, 0.2) is 41.3 Å². The third kappa shape index (κ3) is 3.11. The van der Waals surface area contributed by atoms with Gasteiger partial charge in [-0.05, 0) is 48.6 Å². The number of carbonyl (C=O) groups is 1. The van der Waals surface area contributed by atoms with Crippen LogP contribution in [0, 0.1) is 0 Å². The lowest BCUT2D eigenvalue weighted by Gasteiger charge is -2.30. The lowest BCUT2D eigenvalue weighted by molar-refractivity contribution is -0.134. The second-order valence-electron chi connectivity index (χ2n) is 5.04. The fraction of sp³-hybridized carbons (Fsp3) is 0.333. The maximum absolute atomic E-state index is 12.2. The van der Waals surface area contributed by atoms with Crippen molar-refractivity contribution in [1.29, 1.82) is 0 Å². The van der Waals surface area contributed by atoms with Crippen molar-refractivity contribution in [2.45, 2.75) is 18.4 Å². The van der Waals surface area contributed by atoms with E-state index in [1.807, 2.05) is 12.1 Å². The summed E-state index contributed by atoms with van der Waals surface area (Å²) >= 11 is 1.76. The fourth-order valence-electron chi connectivity index (χ4n) is 2.26. The number of nitrogens with one attached hydrogen (secondary N) is 1. The van der Waals surface area contributed by atoms with Gasteiger partial charge in [0, 0.05) is 11.3 Å². The van der Waals surface area contributed by atoms with Gasteiger partial charge in [0.25, 0.3) is 5.91 Å². The van der Waals surface area contributed by atoms with E-state index >= 15 is 0 Å². The number of benzene rings is 1. The summed E-state index contributed by atoms with van der Waals surface area (Å²) in [6, 6.07) is 7.27. The van der Waals surface area contributed by atoms with Gasteiger partial charge in [-0.3, -0.25) is 4.79 Å². The molecule has 2 aromatic rings. The van der Waals surface area contributed by atoms with E-state index in [1.165, 1.54) is 6.39 Å². The molecule has 21 heavy (non-hydrogen) atoms. The molecule has 0 saturated carbocycles. The predicted molar refractivity (Wildman–Crippen MR) is 82.1 cm³/mol. The van der Waals surface area contributed by atoms with E-state index in [2.05, 4.69) is 10.3 Å². The molecule has 1 aliphatic heterocycles. The molecular formula is C15H16N2O3S. The highest BCUT2D eigenvalue weighted by Gasteiger charge is 2.37. The molecule has 0 spiro atoms. The third-order valence-corrected chi connectivity index (χ3v) is 4.59. The summed E-state index contributed by atoms with van der Waals surface area (Å²) in [5.41, 5.74) is 0.308. The van der Waals surface area contributed by atoms with Crippen LogP contribution >= 0.6 is 11.8 Å². The molecule has 6 heteroatoms. The Labute approximate surface area is 126 Å².